The lowest BCUT2D eigenvalue weighted by atomic mass is 9.97. The van der Waals surface area contributed by atoms with Crippen molar-refractivity contribution < 1.29 is 4.42 Å². The highest BCUT2D eigenvalue weighted by Gasteiger charge is 2.23. The molecule has 0 aliphatic heterocycles. The summed E-state index contributed by atoms with van der Waals surface area (Å²) in [6.45, 7) is 0. The van der Waals surface area contributed by atoms with E-state index < -0.39 is 0 Å². The van der Waals surface area contributed by atoms with Crippen molar-refractivity contribution >= 4 is 86.8 Å². The average Bonchev–Trinajstić information content (AvgIpc) is 3.86. The monoisotopic (exact) mass is 764 g/mol. The fraction of sp³-hybridized carbons (Fsp3) is 0. The van der Waals surface area contributed by atoms with Crippen LogP contribution >= 0.6 is 0 Å². The minimum Gasteiger partial charge on any atom is -0.454 e. The molecule has 0 amide bonds. The Morgan fingerprint density at radius 3 is 1.78 bits per heavy atom. The second-order valence-electron chi connectivity index (χ2n) is 15.6. The summed E-state index contributed by atoms with van der Waals surface area (Å²) in [5.74, 6) is 1.81. The van der Waals surface area contributed by atoms with Crippen LogP contribution in [0.1, 0.15) is 0 Å². The minimum absolute atomic E-state index is 0.583. The first-order chi connectivity index (χ1) is 29.7. The van der Waals surface area contributed by atoms with Crippen molar-refractivity contribution in [1.82, 2.24) is 19.5 Å². The first kappa shape index (κ1) is 32.9. The molecule has 278 valence electrons. The van der Waals surface area contributed by atoms with Gasteiger partial charge in [-0.05, 0) is 85.6 Å². The SMILES string of the molecule is c1ccc(-c2nc(-c3cc(-n4c5ccccc5c5cc6ccccc6cc54)c4oc5ccc6ccccc6c5c4c3)nc(-c3cc4ccccc4c4ccccc34)n2)cc1. The number of furan rings is 1. The lowest BCUT2D eigenvalue weighted by Gasteiger charge is -2.14. The fourth-order valence-corrected chi connectivity index (χ4v) is 9.42. The Hall–Kier alpha value is -8.15. The van der Waals surface area contributed by atoms with Gasteiger partial charge in [0.15, 0.2) is 23.1 Å². The quantitative estimate of drug-likeness (QED) is 0.167. The van der Waals surface area contributed by atoms with Gasteiger partial charge in [-0.3, -0.25) is 0 Å². The van der Waals surface area contributed by atoms with Gasteiger partial charge in [0.05, 0.1) is 16.7 Å². The highest BCUT2D eigenvalue weighted by atomic mass is 16.3. The predicted octanol–water partition coefficient (Wildman–Crippen LogP) is 14.5. The average molecular weight is 765 g/mol. The molecule has 0 unspecified atom stereocenters. The Labute approximate surface area is 343 Å². The van der Waals surface area contributed by atoms with E-state index in [0.717, 1.165) is 82.3 Å². The molecule has 0 radical (unpaired) electrons. The Balaban J connectivity index is 1.17. The van der Waals surface area contributed by atoms with Crippen LogP contribution in [0.2, 0.25) is 0 Å². The molecule has 60 heavy (non-hydrogen) atoms. The van der Waals surface area contributed by atoms with E-state index in [9.17, 15) is 0 Å². The molecule has 13 rings (SSSR count). The normalized spacial score (nSPS) is 12.0. The molecular formula is C55H32N4O. The Morgan fingerprint density at radius 2 is 0.967 bits per heavy atom. The van der Waals surface area contributed by atoms with Crippen molar-refractivity contribution in [2.75, 3.05) is 0 Å². The summed E-state index contributed by atoms with van der Waals surface area (Å²) in [5, 5.41) is 13.7. The second kappa shape index (κ2) is 12.7. The molecule has 0 aliphatic rings. The summed E-state index contributed by atoms with van der Waals surface area (Å²) in [5.41, 5.74) is 7.49. The summed E-state index contributed by atoms with van der Waals surface area (Å²) in [6.07, 6.45) is 0. The molecule has 13 aromatic rings. The summed E-state index contributed by atoms with van der Waals surface area (Å²) in [4.78, 5) is 16.0. The van der Waals surface area contributed by atoms with Gasteiger partial charge in [0.1, 0.15) is 5.58 Å². The Bertz CT molecular complexity index is 3900. The number of hydrogen-bond donors (Lipinski definition) is 0. The summed E-state index contributed by atoms with van der Waals surface area (Å²) in [7, 11) is 0. The molecule has 0 aliphatic carbocycles. The lowest BCUT2D eigenvalue weighted by Crippen LogP contribution is -2.02. The molecule has 5 heteroatoms. The zero-order valence-corrected chi connectivity index (χ0v) is 32.2. The van der Waals surface area contributed by atoms with Crippen LogP contribution in [0.25, 0.3) is 127 Å². The highest BCUT2D eigenvalue weighted by Crippen LogP contribution is 2.44. The van der Waals surface area contributed by atoms with E-state index in [2.05, 4.69) is 180 Å². The van der Waals surface area contributed by atoms with Gasteiger partial charge in [-0.25, -0.2) is 15.0 Å². The van der Waals surface area contributed by atoms with E-state index in [4.69, 9.17) is 19.4 Å². The predicted molar refractivity (Wildman–Crippen MR) is 248 cm³/mol. The van der Waals surface area contributed by atoms with E-state index in [0.29, 0.717) is 17.5 Å². The van der Waals surface area contributed by atoms with E-state index in [1.165, 1.54) is 26.9 Å². The van der Waals surface area contributed by atoms with Crippen LogP contribution in [-0.2, 0) is 0 Å². The molecular weight excluding hydrogens is 733 g/mol. The number of benzene rings is 10. The topological polar surface area (TPSA) is 56.7 Å². The van der Waals surface area contributed by atoms with E-state index in [-0.39, 0.29) is 0 Å². The second-order valence-corrected chi connectivity index (χ2v) is 15.6. The molecule has 0 bridgehead atoms. The summed E-state index contributed by atoms with van der Waals surface area (Å²) >= 11 is 0. The zero-order chi connectivity index (χ0) is 39.3. The van der Waals surface area contributed by atoms with Crippen molar-refractivity contribution in [2.45, 2.75) is 0 Å². The molecule has 0 saturated heterocycles. The van der Waals surface area contributed by atoms with Gasteiger partial charge in [0.2, 0.25) is 0 Å². The number of aromatic nitrogens is 4. The third-order valence-electron chi connectivity index (χ3n) is 12.2. The molecule has 3 aromatic heterocycles. The van der Waals surface area contributed by atoms with Crippen LogP contribution in [0.15, 0.2) is 199 Å². The maximum atomic E-state index is 6.99. The van der Waals surface area contributed by atoms with Crippen LogP contribution < -0.4 is 0 Å². The van der Waals surface area contributed by atoms with Gasteiger partial charge < -0.3 is 8.98 Å². The Morgan fingerprint density at radius 1 is 0.350 bits per heavy atom. The highest BCUT2D eigenvalue weighted by molar-refractivity contribution is 6.22. The first-order valence-corrected chi connectivity index (χ1v) is 20.3. The molecule has 0 fully saturated rings. The molecule has 10 aromatic carbocycles. The minimum atomic E-state index is 0.583. The van der Waals surface area contributed by atoms with E-state index >= 15 is 0 Å². The zero-order valence-electron chi connectivity index (χ0n) is 32.2. The van der Waals surface area contributed by atoms with Crippen molar-refractivity contribution in [1.29, 1.82) is 0 Å². The van der Waals surface area contributed by atoms with Gasteiger partial charge in [-0.2, -0.15) is 0 Å². The maximum Gasteiger partial charge on any atom is 0.164 e. The molecule has 3 heterocycles. The first-order valence-electron chi connectivity index (χ1n) is 20.3. The molecule has 0 atom stereocenters. The molecule has 0 N–H and O–H groups in total. The Kier molecular flexibility index (Phi) is 6.95. The number of fused-ring (bicyclic) bond motifs is 12. The van der Waals surface area contributed by atoms with Crippen molar-refractivity contribution in [2.24, 2.45) is 0 Å². The standard InChI is InChI=1S/C55H32N4O/c1-2-15-34(16-3-1)53-56-54(58-55(57-53)45-29-37-19-7-8-20-39(37)41-22-10-11-23-42(41)45)38-30-46-51-40-21-9-6-14-33(40)26-27-50(51)60-52(46)49(32-38)59-47-25-13-12-24-43(47)44-28-35-17-4-5-18-36(35)31-48(44)59/h1-32H. The van der Waals surface area contributed by atoms with E-state index in [1.807, 2.05) is 18.2 Å². The molecule has 0 saturated carbocycles. The van der Waals surface area contributed by atoms with Crippen LogP contribution in [0.5, 0.6) is 0 Å². The number of nitrogens with zero attached hydrogens (tertiary/aromatic N) is 4. The van der Waals surface area contributed by atoms with Gasteiger partial charge in [0.25, 0.3) is 0 Å². The smallest absolute Gasteiger partial charge is 0.164 e. The summed E-state index contributed by atoms with van der Waals surface area (Å²) in [6, 6.07) is 68.5. The van der Waals surface area contributed by atoms with Crippen LogP contribution in [0.4, 0.5) is 0 Å². The van der Waals surface area contributed by atoms with Crippen molar-refractivity contribution in [3.8, 4) is 39.9 Å². The number of rotatable bonds is 4. The third kappa shape index (κ3) is 4.90. The maximum absolute atomic E-state index is 6.99. The molecule has 0 spiro atoms. The largest absolute Gasteiger partial charge is 0.454 e. The van der Waals surface area contributed by atoms with E-state index in [1.54, 1.807) is 0 Å². The number of para-hydroxylation sites is 1. The van der Waals surface area contributed by atoms with Gasteiger partial charge in [-0.1, -0.05) is 152 Å². The van der Waals surface area contributed by atoms with Crippen LogP contribution in [0, 0.1) is 0 Å². The molecule has 5 nitrogen and oxygen atoms in total. The van der Waals surface area contributed by atoms with Gasteiger partial charge in [0, 0.05) is 38.2 Å². The lowest BCUT2D eigenvalue weighted by molar-refractivity contribution is 0.666. The van der Waals surface area contributed by atoms with Crippen molar-refractivity contribution in [3.63, 3.8) is 0 Å². The van der Waals surface area contributed by atoms with Gasteiger partial charge in [-0.15, -0.1) is 0 Å². The third-order valence-corrected chi connectivity index (χ3v) is 12.2. The van der Waals surface area contributed by atoms with Crippen LogP contribution in [0.3, 0.4) is 0 Å². The fourth-order valence-electron chi connectivity index (χ4n) is 9.42. The van der Waals surface area contributed by atoms with Crippen LogP contribution in [-0.4, -0.2) is 19.5 Å². The summed E-state index contributed by atoms with van der Waals surface area (Å²) < 4.78 is 9.36. The number of hydrogen-bond acceptors (Lipinski definition) is 4. The van der Waals surface area contributed by atoms with Gasteiger partial charge >= 0.3 is 0 Å². The van der Waals surface area contributed by atoms with Crippen molar-refractivity contribution in [3.05, 3.63) is 194 Å².